The molecule has 0 saturated heterocycles. The van der Waals surface area contributed by atoms with Gasteiger partial charge in [0.1, 0.15) is 11.5 Å². The van der Waals surface area contributed by atoms with E-state index in [1.807, 2.05) is 0 Å². The molecule has 0 aliphatic rings. The summed E-state index contributed by atoms with van der Waals surface area (Å²) >= 11 is 0. The van der Waals surface area contributed by atoms with E-state index in [1.165, 1.54) is 7.11 Å². The Hall–Kier alpha value is -3.00. The molecule has 9 heteroatoms. The molecule has 1 aromatic heterocycles. The molecule has 0 atom stereocenters. The lowest BCUT2D eigenvalue weighted by atomic mass is 10.1. The molecule has 0 aliphatic heterocycles. The van der Waals surface area contributed by atoms with E-state index in [4.69, 9.17) is 9.47 Å². The fraction of sp³-hybridized carbons (Fsp3) is 0.200. The van der Waals surface area contributed by atoms with Crippen molar-refractivity contribution in [3.63, 3.8) is 0 Å². The van der Waals surface area contributed by atoms with Crippen molar-refractivity contribution in [2.75, 3.05) is 19.5 Å². The fourth-order valence-corrected chi connectivity index (χ4v) is 2.59. The monoisotopic (exact) mass is 425 g/mol. The van der Waals surface area contributed by atoms with E-state index in [0.29, 0.717) is 17.1 Å². The van der Waals surface area contributed by atoms with Gasteiger partial charge in [0.05, 0.1) is 19.9 Å². The van der Waals surface area contributed by atoms with Crippen LogP contribution >= 0.6 is 12.4 Å². The first-order valence-corrected chi connectivity index (χ1v) is 8.37. The zero-order valence-corrected chi connectivity index (χ0v) is 16.5. The average molecular weight is 426 g/mol. The van der Waals surface area contributed by atoms with Crippen LogP contribution in [0.3, 0.4) is 0 Å². The van der Waals surface area contributed by atoms with Crippen LogP contribution in [0.25, 0.3) is 11.3 Å². The molecule has 0 saturated carbocycles. The molecule has 3 rings (SSSR count). The van der Waals surface area contributed by atoms with Crippen LogP contribution in [0.5, 0.6) is 11.5 Å². The Bertz CT molecular complexity index is 950. The third-order valence-corrected chi connectivity index (χ3v) is 4.01. The minimum Gasteiger partial charge on any atom is -0.497 e. The summed E-state index contributed by atoms with van der Waals surface area (Å²) in [6.45, 7) is 0.261. The van der Waals surface area contributed by atoms with Crippen molar-refractivity contribution in [2.24, 2.45) is 0 Å². The van der Waals surface area contributed by atoms with E-state index < -0.39 is 11.9 Å². The van der Waals surface area contributed by atoms with E-state index in [2.05, 4.69) is 15.3 Å². The molecule has 0 bridgehead atoms. The summed E-state index contributed by atoms with van der Waals surface area (Å²) in [6.07, 6.45) is -4.60. The maximum atomic E-state index is 13.3. The molecule has 0 fully saturated rings. The molecule has 2 aromatic carbocycles. The SMILES string of the molecule is COc1ccc(CNc2nc(-c3ccccc3OC)cc(C(F)(F)F)n2)cc1.Cl. The molecule has 1 heterocycles. The van der Waals surface area contributed by atoms with Crippen LogP contribution in [0.4, 0.5) is 19.1 Å². The van der Waals surface area contributed by atoms with Crippen molar-refractivity contribution >= 4 is 18.4 Å². The number of nitrogens with one attached hydrogen (secondary N) is 1. The highest BCUT2D eigenvalue weighted by Crippen LogP contribution is 2.34. The lowest BCUT2D eigenvalue weighted by molar-refractivity contribution is -0.141. The Morgan fingerprint density at radius 2 is 1.62 bits per heavy atom. The maximum absolute atomic E-state index is 13.3. The van der Waals surface area contributed by atoms with Crippen LogP contribution in [0.2, 0.25) is 0 Å². The summed E-state index contributed by atoms with van der Waals surface area (Å²) in [5.74, 6) is 1.000. The Morgan fingerprint density at radius 3 is 2.24 bits per heavy atom. The summed E-state index contributed by atoms with van der Waals surface area (Å²) < 4.78 is 50.3. The van der Waals surface area contributed by atoms with Gasteiger partial charge in [0.25, 0.3) is 0 Å². The number of rotatable bonds is 6. The van der Waals surface area contributed by atoms with Crippen molar-refractivity contribution in [1.82, 2.24) is 9.97 Å². The summed E-state index contributed by atoms with van der Waals surface area (Å²) in [7, 11) is 3.01. The molecule has 0 aliphatic carbocycles. The molecular formula is C20H19ClF3N3O2. The Balaban J connectivity index is 0.00000300. The number of aromatic nitrogens is 2. The van der Waals surface area contributed by atoms with Crippen LogP contribution in [-0.4, -0.2) is 24.2 Å². The minimum absolute atomic E-state index is 0. The molecule has 0 amide bonds. The second-order valence-electron chi connectivity index (χ2n) is 5.86. The average Bonchev–Trinajstić information content (AvgIpc) is 2.71. The Kier molecular flexibility index (Phi) is 7.28. The number of ether oxygens (including phenoxy) is 2. The zero-order chi connectivity index (χ0) is 20.1. The molecule has 1 N–H and O–H groups in total. The number of hydrogen-bond donors (Lipinski definition) is 1. The smallest absolute Gasteiger partial charge is 0.433 e. The second-order valence-corrected chi connectivity index (χ2v) is 5.86. The van der Waals surface area contributed by atoms with Crippen LogP contribution in [-0.2, 0) is 12.7 Å². The number of halogens is 4. The topological polar surface area (TPSA) is 56.3 Å². The number of benzene rings is 2. The first-order chi connectivity index (χ1) is 13.4. The molecular weight excluding hydrogens is 407 g/mol. The first kappa shape index (κ1) is 22.3. The van der Waals surface area contributed by atoms with Crippen LogP contribution in [0.15, 0.2) is 54.6 Å². The van der Waals surface area contributed by atoms with Crippen LogP contribution in [0, 0.1) is 0 Å². The highest BCUT2D eigenvalue weighted by molar-refractivity contribution is 5.85. The summed E-state index contributed by atoms with van der Waals surface area (Å²) in [5, 5.41) is 2.85. The molecule has 0 radical (unpaired) electrons. The van der Waals surface area contributed by atoms with Crippen molar-refractivity contribution in [1.29, 1.82) is 0 Å². The molecule has 5 nitrogen and oxygen atoms in total. The van der Waals surface area contributed by atoms with Crippen molar-refractivity contribution in [3.8, 4) is 22.8 Å². The molecule has 29 heavy (non-hydrogen) atoms. The predicted octanol–water partition coefficient (Wildman–Crippen LogP) is 5.21. The standard InChI is InChI=1S/C20H18F3N3O2.ClH/c1-27-14-9-7-13(8-10-14)12-24-19-25-16(11-18(26-19)20(21,22)23)15-5-3-4-6-17(15)28-2;/h3-11H,12H2,1-2H3,(H,24,25,26);1H. The van der Waals surface area contributed by atoms with Gasteiger partial charge in [0, 0.05) is 12.1 Å². The van der Waals surface area contributed by atoms with Gasteiger partial charge in [-0.15, -0.1) is 12.4 Å². The fourth-order valence-electron chi connectivity index (χ4n) is 2.59. The number of hydrogen-bond acceptors (Lipinski definition) is 5. The zero-order valence-electron chi connectivity index (χ0n) is 15.7. The van der Waals surface area contributed by atoms with Gasteiger partial charge >= 0.3 is 6.18 Å². The van der Waals surface area contributed by atoms with Gasteiger partial charge in [0.15, 0.2) is 5.69 Å². The van der Waals surface area contributed by atoms with Crippen LogP contribution < -0.4 is 14.8 Å². The van der Waals surface area contributed by atoms with E-state index in [1.54, 1.807) is 55.6 Å². The predicted molar refractivity (Wildman–Crippen MR) is 107 cm³/mol. The van der Waals surface area contributed by atoms with Gasteiger partial charge in [-0.1, -0.05) is 24.3 Å². The normalized spacial score (nSPS) is 10.8. The number of nitrogens with zero attached hydrogens (tertiary/aromatic N) is 2. The quantitative estimate of drug-likeness (QED) is 0.587. The third-order valence-electron chi connectivity index (χ3n) is 4.01. The van der Waals surface area contributed by atoms with Gasteiger partial charge in [-0.05, 0) is 35.9 Å². The molecule has 0 spiro atoms. The van der Waals surface area contributed by atoms with Gasteiger partial charge < -0.3 is 14.8 Å². The second kappa shape index (κ2) is 9.47. The van der Waals surface area contributed by atoms with Gasteiger partial charge in [-0.3, -0.25) is 0 Å². The summed E-state index contributed by atoms with van der Waals surface area (Å²) in [5.41, 5.74) is 0.392. The third kappa shape index (κ3) is 5.51. The lowest BCUT2D eigenvalue weighted by Crippen LogP contribution is -2.13. The van der Waals surface area contributed by atoms with Gasteiger partial charge in [-0.25, -0.2) is 9.97 Å². The van der Waals surface area contributed by atoms with Crippen LogP contribution in [0.1, 0.15) is 11.3 Å². The largest absolute Gasteiger partial charge is 0.497 e. The Labute approximate surface area is 172 Å². The van der Waals surface area contributed by atoms with E-state index >= 15 is 0 Å². The van der Waals surface area contributed by atoms with E-state index in [-0.39, 0.29) is 30.6 Å². The lowest BCUT2D eigenvalue weighted by Gasteiger charge is -2.13. The highest BCUT2D eigenvalue weighted by atomic mass is 35.5. The summed E-state index contributed by atoms with van der Waals surface area (Å²) in [4.78, 5) is 7.87. The maximum Gasteiger partial charge on any atom is 0.433 e. The van der Waals surface area contributed by atoms with E-state index in [9.17, 15) is 13.2 Å². The highest BCUT2D eigenvalue weighted by Gasteiger charge is 2.34. The number of para-hydroxylation sites is 1. The first-order valence-electron chi connectivity index (χ1n) is 8.37. The van der Waals surface area contributed by atoms with Crippen molar-refractivity contribution in [3.05, 3.63) is 65.9 Å². The number of methoxy groups -OCH3 is 2. The number of anilines is 1. The Morgan fingerprint density at radius 1 is 0.931 bits per heavy atom. The number of alkyl halides is 3. The molecule has 154 valence electrons. The van der Waals surface area contributed by atoms with Crippen molar-refractivity contribution < 1.29 is 22.6 Å². The summed E-state index contributed by atoms with van der Waals surface area (Å²) in [6, 6.07) is 14.8. The molecule has 3 aromatic rings. The van der Waals surface area contributed by atoms with Gasteiger partial charge in [0.2, 0.25) is 5.95 Å². The molecule has 0 unspecified atom stereocenters. The van der Waals surface area contributed by atoms with E-state index in [0.717, 1.165) is 11.6 Å². The van der Waals surface area contributed by atoms with Crippen molar-refractivity contribution in [2.45, 2.75) is 12.7 Å². The minimum atomic E-state index is -4.60. The van der Waals surface area contributed by atoms with Gasteiger partial charge in [-0.2, -0.15) is 13.2 Å².